The molecule has 31 heavy (non-hydrogen) atoms. The second kappa shape index (κ2) is 11.4. The van der Waals surface area contributed by atoms with Crippen LogP contribution in [0, 0.1) is 12.3 Å². The smallest absolute Gasteiger partial charge is 0.240 e. The summed E-state index contributed by atoms with van der Waals surface area (Å²) >= 11 is 0. The van der Waals surface area contributed by atoms with Gasteiger partial charge in [-0.2, -0.15) is 5.10 Å². The van der Waals surface area contributed by atoms with Crippen LogP contribution in [0.25, 0.3) is 10.8 Å². The van der Waals surface area contributed by atoms with Gasteiger partial charge in [0.15, 0.2) is 0 Å². The molecule has 5 nitrogen and oxygen atoms in total. The zero-order valence-corrected chi connectivity index (χ0v) is 17.6. The van der Waals surface area contributed by atoms with Crippen LogP contribution in [-0.4, -0.2) is 25.3 Å². The van der Waals surface area contributed by atoms with Crippen LogP contribution < -0.4 is 14.9 Å². The number of nitrogens with one attached hydrogen (secondary N) is 1. The van der Waals surface area contributed by atoms with Gasteiger partial charge in [0.25, 0.3) is 0 Å². The van der Waals surface area contributed by atoms with E-state index >= 15 is 0 Å². The Hall–Kier alpha value is -3.78. The van der Waals surface area contributed by atoms with Crippen molar-refractivity contribution >= 4 is 22.9 Å². The molecule has 0 unspecified atom stereocenters. The lowest BCUT2D eigenvalue weighted by Gasteiger charge is -2.10. The Balaban J connectivity index is 1.56. The van der Waals surface area contributed by atoms with Crippen LogP contribution >= 0.6 is 0 Å². The Morgan fingerprint density at radius 2 is 1.90 bits per heavy atom. The third-order valence-corrected chi connectivity index (χ3v) is 4.73. The number of terminal acetylenes is 1. The largest absolute Gasteiger partial charge is 0.494 e. The maximum Gasteiger partial charge on any atom is 0.240 e. The Bertz CT molecular complexity index is 1080. The molecule has 3 rings (SSSR count). The first-order valence-corrected chi connectivity index (χ1v) is 10.3. The number of rotatable bonds is 10. The van der Waals surface area contributed by atoms with Crippen LogP contribution in [0.2, 0.25) is 0 Å². The first-order valence-electron chi connectivity index (χ1n) is 10.3. The molecule has 0 aromatic heterocycles. The fourth-order valence-electron chi connectivity index (χ4n) is 3.25. The highest BCUT2D eigenvalue weighted by Gasteiger charge is 2.07. The molecule has 0 saturated heterocycles. The minimum absolute atomic E-state index is 0.131. The molecule has 0 fully saturated rings. The van der Waals surface area contributed by atoms with Gasteiger partial charge in [0.05, 0.1) is 12.8 Å². The molecule has 5 heteroatoms. The molecular weight excluding hydrogens is 388 g/mol. The maximum atomic E-state index is 12.2. The van der Waals surface area contributed by atoms with Crippen molar-refractivity contribution in [2.24, 2.45) is 5.10 Å². The summed E-state index contributed by atoms with van der Waals surface area (Å²) in [5, 5.41) is 6.18. The van der Waals surface area contributed by atoms with Crippen molar-refractivity contribution in [3.8, 4) is 23.8 Å². The van der Waals surface area contributed by atoms with Crippen molar-refractivity contribution in [3.63, 3.8) is 0 Å². The van der Waals surface area contributed by atoms with Gasteiger partial charge in [0.1, 0.15) is 18.1 Å². The second-order valence-electron chi connectivity index (χ2n) is 6.92. The monoisotopic (exact) mass is 414 g/mol. The molecule has 3 aromatic rings. The minimum atomic E-state index is -0.131. The average molecular weight is 415 g/mol. The summed E-state index contributed by atoms with van der Waals surface area (Å²) in [5.74, 6) is 3.83. The first-order chi connectivity index (χ1) is 15.2. The topological polar surface area (TPSA) is 59.9 Å². The van der Waals surface area contributed by atoms with Crippen molar-refractivity contribution in [1.29, 1.82) is 0 Å². The summed E-state index contributed by atoms with van der Waals surface area (Å²) in [6, 6.07) is 19.7. The van der Waals surface area contributed by atoms with Crippen LogP contribution in [0.3, 0.4) is 0 Å². The Morgan fingerprint density at radius 3 is 2.68 bits per heavy atom. The molecule has 158 valence electrons. The predicted octanol–water partition coefficient (Wildman–Crippen LogP) is 4.72. The highest BCUT2D eigenvalue weighted by atomic mass is 16.5. The Kier molecular flexibility index (Phi) is 8.07. The molecular formula is C26H26N2O3. The van der Waals surface area contributed by atoms with Gasteiger partial charge in [0.2, 0.25) is 5.91 Å². The molecule has 0 spiro atoms. The number of nitrogens with zero attached hydrogens (tertiary/aromatic N) is 1. The summed E-state index contributed by atoms with van der Waals surface area (Å²) in [6.45, 7) is 2.77. The van der Waals surface area contributed by atoms with Gasteiger partial charge in [-0.25, -0.2) is 5.43 Å². The molecule has 0 aliphatic heterocycles. The minimum Gasteiger partial charge on any atom is -0.494 e. The van der Waals surface area contributed by atoms with Crippen molar-refractivity contribution in [3.05, 3.63) is 71.8 Å². The summed E-state index contributed by atoms with van der Waals surface area (Å²) in [4.78, 5) is 12.2. The number of carbonyl (C=O) groups excluding carboxylic acids is 1. The molecule has 0 saturated carbocycles. The van der Waals surface area contributed by atoms with E-state index in [1.807, 2.05) is 67.6 Å². The summed E-state index contributed by atoms with van der Waals surface area (Å²) < 4.78 is 11.1. The van der Waals surface area contributed by atoms with E-state index in [4.69, 9.17) is 15.9 Å². The third-order valence-electron chi connectivity index (χ3n) is 4.73. The predicted molar refractivity (Wildman–Crippen MR) is 125 cm³/mol. The lowest BCUT2D eigenvalue weighted by molar-refractivity contribution is -0.121. The van der Waals surface area contributed by atoms with E-state index in [0.717, 1.165) is 34.9 Å². The number of carbonyl (C=O) groups is 1. The molecule has 1 N–H and O–H groups in total. The average Bonchev–Trinajstić information content (AvgIpc) is 2.79. The fourth-order valence-corrected chi connectivity index (χ4v) is 3.25. The maximum absolute atomic E-state index is 12.2. The Labute approximate surface area is 183 Å². The van der Waals surface area contributed by atoms with Crippen molar-refractivity contribution < 1.29 is 14.3 Å². The number of fused-ring (bicyclic) bond motifs is 1. The normalized spacial score (nSPS) is 10.7. The number of hydrazone groups is 1. The van der Waals surface area contributed by atoms with Gasteiger partial charge in [-0.15, -0.1) is 6.42 Å². The van der Waals surface area contributed by atoms with Gasteiger partial charge in [-0.1, -0.05) is 48.4 Å². The number of hydrogen-bond acceptors (Lipinski definition) is 4. The molecule has 0 aliphatic carbocycles. The molecule has 0 atom stereocenters. The number of hydrogen-bond donors (Lipinski definition) is 1. The lowest BCUT2D eigenvalue weighted by atomic mass is 10.0. The third kappa shape index (κ3) is 6.35. The van der Waals surface area contributed by atoms with E-state index in [1.165, 1.54) is 5.56 Å². The van der Waals surface area contributed by atoms with Crippen molar-refractivity contribution in [2.45, 2.75) is 26.2 Å². The van der Waals surface area contributed by atoms with E-state index in [2.05, 4.69) is 16.4 Å². The van der Waals surface area contributed by atoms with Crippen LogP contribution in [0.1, 0.15) is 30.9 Å². The van der Waals surface area contributed by atoms with Crippen LogP contribution in [-0.2, 0) is 11.2 Å². The molecule has 1 amide bonds. The van der Waals surface area contributed by atoms with E-state index in [1.54, 1.807) is 6.21 Å². The van der Waals surface area contributed by atoms with Crippen LogP contribution in [0.4, 0.5) is 0 Å². The highest BCUT2D eigenvalue weighted by molar-refractivity contribution is 6.02. The van der Waals surface area contributed by atoms with Gasteiger partial charge in [0, 0.05) is 12.0 Å². The molecule has 0 heterocycles. The number of benzene rings is 3. The summed E-state index contributed by atoms with van der Waals surface area (Å²) in [7, 11) is 0. The SMILES string of the molecule is C#CCOc1ccc2ccccc2c1/C=N\NC(=O)CCCc1ccc(OCC)cc1. The first kappa shape index (κ1) is 21.9. The second-order valence-corrected chi connectivity index (χ2v) is 6.92. The van der Waals surface area contributed by atoms with E-state index in [9.17, 15) is 4.79 Å². The van der Waals surface area contributed by atoms with Crippen LogP contribution in [0.5, 0.6) is 11.5 Å². The van der Waals surface area contributed by atoms with Crippen molar-refractivity contribution in [2.75, 3.05) is 13.2 Å². The molecule has 0 radical (unpaired) electrons. The molecule has 0 bridgehead atoms. The van der Waals surface area contributed by atoms with Crippen LogP contribution in [0.15, 0.2) is 65.8 Å². The van der Waals surface area contributed by atoms with Gasteiger partial charge >= 0.3 is 0 Å². The number of ether oxygens (including phenoxy) is 2. The van der Waals surface area contributed by atoms with Gasteiger partial charge in [-0.3, -0.25) is 4.79 Å². The zero-order valence-electron chi connectivity index (χ0n) is 17.6. The fraction of sp³-hybridized carbons (Fsp3) is 0.231. The van der Waals surface area contributed by atoms with Crippen molar-refractivity contribution in [1.82, 2.24) is 5.43 Å². The molecule has 3 aromatic carbocycles. The standard InChI is InChI=1S/C26H26N2O3/c1-3-18-31-25-17-14-21-9-5-6-10-23(21)24(25)19-27-28-26(29)11-7-8-20-12-15-22(16-13-20)30-4-2/h1,5-6,9-10,12-17,19H,4,7-8,11,18H2,2H3,(H,28,29)/b27-19-. The quantitative estimate of drug-likeness (QED) is 0.297. The van der Waals surface area contributed by atoms with Gasteiger partial charge in [-0.05, 0) is 54.3 Å². The molecule has 0 aliphatic rings. The number of amides is 1. The summed E-state index contributed by atoms with van der Waals surface area (Å²) in [6.07, 6.45) is 8.87. The van der Waals surface area contributed by atoms with Gasteiger partial charge < -0.3 is 9.47 Å². The number of aryl methyl sites for hydroxylation is 1. The van der Waals surface area contributed by atoms with E-state index in [0.29, 0.717) is 18.8 Å². The highest BCUT2D eigenvalue weighted by Crippen LogP contribution is 2.26. The van der Waals surface area contributed by atoms with E-state index in [-0.39, 0.29) is 12.5 Å². The zero-order chi connectivity index (χ0) is 21.9. The Morgan fingerprint density at radius 1 is 1.10 bits per heavy atom. The van der Waals surface area contributed by atoms with E-state index < -0.39 is 0 Å². The summed E-state index contributed by atoms with van der Waals surface area (Å²) in [5.41, 5.74) is 4.56. The lowest BCUT2D eigenvalue weighted by Crippen LogP contribution is -2.17.